The molecule has 37 heavy (non-hydrogen) atoms. The molecule has 11 nitrogen and oxygen atoms in total. The number of ether oxygens (including phenoxy) is 2. The Labute approximate surface area is 226 Å². The molecule has 2 heterocycles. The van der Waals surface area contributed by atoms with Crippen molar-refractivity contribution in [1.82, 2.24) is 9.55 Å². The van der Waals surface area contributed by atoms with E-state index in [2.05, 4.69) is 4.98 Å². The second-order valence-corrected chi connectivity index (χ2v) is 11.8. The minimum atomic E-state index is -4.53. The standard InChI is InChI=1S/C23H30ClN2O9PS/c1-13(2)33-20(29)14(3)12-36(31,35-16-7-5-15(24)6-8-16)32-11-17-19(28)23(4,30)21(34-17)26-10-9-18(27)25-22(26)37/h5-10,13-14,17,19,21,28,30H,11-12H2,1-4H3,(H,25,27,37)/t14-,17-,19+,21-,23?,36+/m1/s1/i11D2. The molecule has 2 aromatic rings. The van der Waals surface area contributed by atoms with Gasteiger partial charge in [0.1, 0.15) is 23.6 Å². The zero-order chi connectivity index (χ0) is 29.3. The van der Waals surface area contributed by atoms with Gasteiger partial charge < -0.3 is 24.2 Å². The van der Waals surface area contributed by atoms with Crippen LogP contribution in [-0.4, -0.2) is 62.4 Å². The predicted molar refractivity (Wildman–Crippen MR) is 137 cm³/mol. The lowest BCUT2D eigenvalue weighted by atomic mass is 9.96. The van der Waals surface area contributed by atoms with Crippen LogP contribution in [0.2, 0.25) is 5.02 Å². The van der Waals surface area contributed by atoms with Crippen LogP contribution >= 0.6 is 31.4 Å². The first-order valence-corrected chi connectivity index (χ1v) is 13.8. The molecule has 1 aromatic heterocycles. The first-order chi connectivity index (χ1) is 17.9. The van der Waals surface area contributed by atoms with Gasteiger partial charge in [0.05, 0.1) is 27.5 Å². The van der Waals surface area contributed by atoms with Gasteiger partial charge in [-0.15, -0.1) is 0 Å². The van der Waals surface area contributed by atoms with Crippen LogP contribution in [0.3, 0.4) is 0 Å². The minimum absolute atomic E-state index is 0.0141. The highest BCUT2D eigenvalue weighted by atomic mass is 35.5. The molecule has 1 aliphatic heterocycles. The van der Waals surface area contributed by atoms with Crippen LogP contribution in [0.5, 0.6) is 5.75 Å². The summed E-state index contributed by atoms with van der Waals surface area (Å²) >= 11 is 11.0. The smallest absolute Gasteiger partial charge is 0.380 e. The number of benzene rings is 1. The third-order valence-corrected chi connectivity index (χ3v) is 7.81. The van der Waals surface area contributed by atoms with Crippen molar-refractivity contribution < 1.29 is 40.8 Å². The zero-order valence-corrected chi connectivity index (χ0v) is 23.0. The van der Waals surface area contributed by atoms with Gasteiger partial charge in [-0.1, -0.05) is 18.5 Å². The number of nitrogens with one attached hydrogen (secondary N) is 1. The van der Waals surface area contributed by atoms with Crippen molar-refractivity contribution in [3.8, 4) is 5.75 Å². The summed E-state index contributed by atoms with van der Waals surface area (Å²) in [5.41, 5.74) is -2.65. The molecular formula is C23H30ClN2O9PS. The lowest BCUT2D eigenvalue weighted by Gasteiger charge is -2.28. The van der Waals surface area contributed by atoms with Crippen molar-refractivity contribution in [3.05, 3.63) is 56.7 Å². The molecule has 1 unspecified atom stereocenters. The maximum Gasteiger partial charge on any atom is 0.380 e. The Morgan fingerprint density at radius 2 is 2.00 bits per heavy atom. The first-order valence-electron chi connectivity index (χ1n) is 12.3. The molecule has 3 rings (SSSR count). The Morgan fingerprint density at radius 3 is 2.59 bits per heavy atom. The summed E-state index contributed by atoms with van der Waals surface area (Å²) < 4.78 is 53.9. The molecule has 0 bridgehead atoms. The van der Waals surface area contributed by atoms with Crippen LogP contribution < -0.4 is 10.1 Å². The third kappa shape index (κ3) is 7.29. The molecule has 6 atom stereocenters. The third-order valence-electron chi connectivity index (χ3n) is 5.38. The van der Waals surface area contributed by atoms with E-state index in [1.165, 1.54) is 44.3 Å². The van der Waals surface area contributed by atoms with Crippen LogP contribution in [0.15, 0.2) is 41.3 Å². The number of carbonyl (C=O) groups is 1. The number of esters is 1. The quantitative estimate of drug-likeness (QED) is 0.217. The van der Waals surface area contributed by atoms with Crippen molar-refractivity contribution in [2.45, 2.75) is 57.8 Å². The number of aliphatic hydroxyl groups is 2. The number of halogens is 1. The van der Waals surface area contributed by atoms with E-state index in [0.29, 0.717) is 5.02 Å². The molecule has 1 aliphatic rings. The lowest BCUT2D eigenvalue weighted by molar-refractivity contribution is -0.151. The average molecular weight is 579 g/mol. The molecule has 0 spiro atoms. The molecule has 1 aromatic carbocycles. The van der Waals surface area contributed by atoms with Gasteiger partial charge in [0.2, 0.25) is 0 Å². The molecule has 1 saturated heterocycles. The highest BCUT2D eigenvalue weighted by Crippen LogP contribution is 2.51. The summed E-state index contributed by atoms with van der Waals surface area (Å²) in [7, 11) is -4.53. The predicted octanol–water partition coefficient (Wildman–Crippen LogP) is 3.44. The summed E-state index contributed by atoms with van der Waals surface area (Å²) in [5.74, 6) is -1.73. The lowest BCUT2D eigenvalue weighted by Crippen LogP contribution is -2.44. The Kier molecular flexibility index (Phi) is 8.45. The van der Waals surface area contributed by atoms with Gasteiger partial charge in [-0.05, 0) is 57.3 Å². The van der Waals surface area contributed by atoms with Crippen molar-refractivity contribution in [2.75, 3.05) is 12.7 Å². The molecule has 204 valence electrons. The Hall–Kier alpha value is -2.05. The zero-order valence-electron chi connectivity index (χ0n) is 22.5. The van der Waals surface area contributed by atoms with Crippen LogP contribution in [0.25, 0.3) is 0 Å². The fraction of sp³-hybridized carbons (Fsp3) is 0.522. The summed E-state index contributed by atoms with van der Waals surface area (Å²) in [6, 6.07) is 6.76. The summed E-state index contributed by atoms with van der Waals surface area (Å²) in [6.45, 7) is 2.84. The Bertz CT molecular complexity index is 1350. The topological polar surface area (TPSA) is 149 Å². The van der Waals surface area contributed by atoms with Crippen molar-refractivity contribution in [2.24, 2.45) is 5.92 Å². The van der Waals surface area contributed by atoms with Crippen LogP contribution in [0.1, 0.15) is 36.7 Å². The Morgan fingerprint density at radius 1 is 1.35 bits per heavy atom. The SMILES string of the molecule is [2H]C([2H])(O[P@@](=O)(C[C@@H](C)C(=O)OC(C)C)Oc1ccc(Cl)cc1)[C@H]1O[C@@H](n2ccc(=O)[nH]c2=S)C(C)(O)[C@H]1O. The molecule has 3 N–H and O–H groups in total. The number of nitrogens with zero attached hydrogens (tertiary/aromatic N) is 1. The molecule has 0 aliphatic carbocycles. The van der Waals surface area contributed by atoms with Crippen molar-refractivity contribution in [1.29, 1.82) is 0 Å². The highest BCUT2D eigenvalue weighted by Gasteiger charge is 2.53. The Balaban J connectivity index is 1.94. The minimum Gasteiger partial charge on any atom is -0.463 e. The number of aliphatic hydroxyl groups excluding tert-OH is 1. The second kappa shape index (κ2) is 11.8. The van der Waals surface area contributed by atoms with Gasteiger partial charge in [0.15, 0.2) is 11.0 Å². The van der Waals surface area contributed by atoms with E-state index in [-0.39, 0.29) is 10.5 Å². The monoisotopic (exact) mass is 578 g/mol. The van der Waals surface area contributed by atoms with Gasteiger partial charge in [-0.25, -0.2) is 4.57 Å². The number of hydrogen-bond donors (Lipinski definition) is 3. The molecule has 0 saturated carbocycles. The van der Waals surface area contributed by atoms with E-state index in [1.807, 2.05) is 0 Å². The van der Waals surface area contributed by atoms with Gasteiger partial charge >= 0.3 is 13.6 Å². The number of H-pyrrole nitrogens is 1. The maximum absolute atomic E-state index is 14.0. The van der Waals surface area contributed by atoms with E-state index in [0.717, 1.165) is 10.6 Å². The molecule has 0 amide bonds. The summed E-state index contributed by atoms with van der Waals surface area (Å²) in [5, 5.41) is 22.3. The fourth-order valence-corrected chi connectivity index (χ4v) is 5.59. The number of hydrogen-bond acceptors (Lipinski definition) is 10. The average Bonchev–Trinajstić information content (AvgIpc) is 3.04. The van der Waals surface area contributed by atoms with Crippen molar-refractivity contribution >= 4 is 37.4 Å². The van der Waals surface area contributed by atoms with E-state index in [1.54, 1.807) is 13.8 Å². The van der Waals surface area contributed by atoms with Crippen molar-refractivity contribution in [3.63, 3.8) is 0 Å². The van der Waals surface area contributed by atoms with Gasteiger partial charge in [-0.3, -0.25) is 23.7 Å². The van der Waals surface area contributed by atoms with Gasteiger partial charge in [-0.2, -0.15) is 0 Å². The first kappa shape index (κ1) is 26.6. The van der Waals surface area contributed by atoms with Gasteiger partial charge in [0.25, 0.3) is 5.56 Å². The number of rotatable bonds is 10. The second-order valence-electron chi connectivity index (χ2n) is 9.03. The molecule has 14 heteroatoms. The van der Waals surface area contributed by atoms with E-state index in [9.17, 15) is 24.4 Å². The molecular weight excluding hydrogens is 547 g/mol. The van der Waals surface area contributed by atoms with E-state index >= 15 is 0 Å². The summed E-state index contributed by atoms with van der Waals surface area (Å²) in [4.78, 5) is 26.4. The number of carbonyl (C=O) groups excluding carboxylic acids is 1. The van der Waals surface area contributed by atoms with Gasteiger partial charge in [0, 0.05) is 17.3 Å². The largest absolute Gasteiger partial charge is 0.463 e. The highest BCUT2D eigenvalue weighted by molar-refractivity contribution is 7.71. The van der Waals surface area contributed by atoms with E-state index < -0.39 is 67.9 Å². The fourth-order valence-electron chi connectivity index (χ4n) is 3.49. The molecule has 0 radical (unpaired) electrons. The van der Waals surface area contributed by atoms with E-state index in [4.69, 9.17) is 45.1 Å². The normalized spacial score (nSPS) is 27.2. The van der Waals surface area contributed by atoms with Crippen LogP contribution in [0.4, 0.5) is 0 Å². The van der Waals surface area contributed by atoms with Crippen LogP contribution in [-0.2, 0) is 23.4 Å². The maximum atomic E-state index is 14.0. The number of aromatic amines is 1. The van der Waals surface area contributed by atoms with Crippen LogP contribution in [0, 0.1) is 10.7 Å². The number of aromatic nitrogens is 2. The molecule has 1 fully saturated rings. The summed E-state index contributed by atoms with van der Waals surface area (Å²) in [6.07, 6.45) is -5.12.